The minimum Gasteiger partial charge on any atom is -0.490 e. The lowest BCUT2D eigenvalue weighted by molar-refractivity contribution is -0.137. The molecule has 1 aliphatic rings. The summed E-state index contributed by atoms with van der Waals surface area (Å²) in [6.07, 6.45) is 1.32. The van der Waals surface area contributed by atoms with Crippen molar-refractivity contribution in [3.63, 3.8) is 0 Å². The number of esters is 1. The molecule has 0 radical (unpaired) electrons. The molecule has 2 amide bonds. The van der Waals surface area contributed by atoms with Crippen LogP contribution >= 0.6 is 11.8 Å². The average molecular weight is 364 g/mol. The second-order valence-corrected chi connectivity index (χ2v) is 6.09. The van der Waals surface area contributed by atoms with Crippen molar-refractivity contribution in [1.29, 1.82) is 0 Å². The van der Waals surface area contributed by atoms with Crippen molar-refractivity contribution in [3.05, 3.63) is 35.4 Å². The lowest BCUT2D eigenvalue weighted by atomic mass is 10.3. The highest BCUT2D eigenvalue weighted by atomic mass is 32.2. The Morgan fingerprint density at radius 1 is 1.36 bits per heavy atom. The Labute approximate surface area is 150 Å². The van der Waals surface area contributed by atoms with Crippen LogP contribution in [0.4, 0.5) is 5.69 Å². The van der Waals surface area contributed by atoms with Crippen LogP contribution in [0.1, 0.15) is 13.8 Å². The van der Waals surface area contributed by atoms with Gasteiger partial charge in [-0.3, -0.25) is 9.59 Å². The zero-order valence-electron chi connectivity index (χ0n) is 14.1. The topological polar surface area (TPSA) is 84.9 Å². The number of nitrogens with zero attached hydrogens (tertiary/aromatic N) is 1. The molecule has 0 aliphatic carbocycles. The van der Waals surface area contributed by atoms with E-state index in [9.17, 15) is 14.4 Å². The zero-order valence-corrected chi connectivity index (χ0v) is 14.9. The summed E-state index contributed by atoms with van der Waals surface area (Å²) in [7, 11) is 0. The Bertz CT molecular complexity index is 689. The fraction of sp³-hybridized carbons (Fsp3) is 0.353. The number of nitrogens with one attached hydrogen (secondary N) is 1. The van der Waals surface area contributed by atoms with E-state index in [1.165, 1.54) is 29.7 Å². The number of anilines is 1. The van der Waals surface area contributed by atoms with E-state index in [4.69, 9.17) is 9.47 Å². The molecule has 7 nitrogen and oxygen atoms in total. The van der Waals surface area contributed by atoms with Gasteiger partial charge in [0.05, 0.1) is 35.7 Å². The number of hydrogen-bond donors (Lipinski definition) is 1. The predicted molar refractivity (Wildman–Crippen MR) is 95.1 cm³/mol. The van der Waals surface area contributed by atoms with E-state index in [2.05, 4.69) is 5.32 Å². The molecule has 1 fully saturated rings. The molecule has 2 rings (SSSR count). The Balaban J connectivity index is 1.97. The van der Waals surface area contributed by atoms with Crippen LogP contribution in [-0.2, 0) is 19.1 Å². The van der Waals surface area contributed by atoms with E-state index >= 15 is 0 Å². The van der Waals surface area contributed by atoms with Crippen LogP contribution in [0.5, 0.6) is 5.75 Å². The highest BCUT2D eigenvalue weighted by Crippen LogP contribution is 2.29. The van der Waals surface area contributed by atoms with Gasteiger partial charge >= 0.3 is 5.97 Å². The summed E-state index contributed by atoms with van der Waals surface area (Å²) >= 11 is 1.29. The second kappa shape index (κ2) is 9.12. The maximum atomic E-state index is 12.0. The zero-order chi connectivity index (χ0) is 18.2. The van der Waals surface area contributed by atoms with Gasteiger partial charge < -0.3 is 19.7 Å². The second-order valence-electron chi connectivity index (χ2n) is 5.09. The normalized spacial score (nSPS) is 15.4. The first-order valence-corrected chi connectivity index (χ1v) is 8.81. The Kier molecular flexibility index (Phi) is 6.88. The fourth-order valence-corrected chi connectivity index (χ4v) is 3.14. The lowest BCUT2D eigenvalue weighted by Gasteiger charge is -2.18. The van der Waals surface area contributed by atoms with Crippen molar-refractivity contribution in [2.45, 2.75) is 13.8 Å². The van der Waals surface area contributed by atoms with Crippen molar-refractivity contribution in [2.75, 3.05) is 30.8 Å². The van der Waals surface area contributed by atoms with Gasteiger partial charge in [-0.1, -0.05) is 23.9 Å². The number of benzene rings is 1. The minimum atomic E-state index is -0.471. The van der Waals surface area contributed by atoms with E-state index in [-0.39, 0.29) is 30.8 Å². The van der Waals surface area contributed by atoms with Gasteiger partial charge in [-0.05, 0) is 19.1 Å². The van der Waals surface area contributed by atoms with Gasteiger partial charge in [-0.15, -0.1) is 0 Å². The monoisotopic (exact) mass is 364 g/mol. The Hall–Kier alpha value is -2.48. The molecular weight excluding hydrogens is 344 g/mol. The number of ether oxygens (including phenoxy) is 2. The maximum Gasteiger partial charge on any atom is 0.333 e. The Morgan fingerprint density at radius 3 is 2.84 bits per heavy atom. The predicted octanol–water partition coefficient (Wildman–Crippen LogP) is 2.00. The smallest absolute Gasteiger partial charge is 0.333 e. The average Bonchev–Trinajstić information content (AvgIpc) is 2.89. The summed E-state index contributed by atoms with van der Waals surface area (Å²) in [6, 6.07) is 7.06. The number of rotatable bonds is 7. The number of para-hydroxylation sites is 2. The van der Waals surface area contributed by atoms with E-state index < -0.39 is 5.97 Å². The molecule has 8 heteroatoms. The molecule has 1 N–H and O–H groups in total. The van der Waals surface area contributed by atoms with Gasteiger partial charge in [0.2, 0.25) is 11.8 Å². The molecular formula is C17H20N2O5S. The molecule has 0 bridgehead atoms. The van der Waals surface area contributed by atoms with E-state index in [1.54, 1.807) is 31.2 Å². The van der Waals surface area contributed by atoms with E-state index in [1.807, 2.05) is 0 Å². The molecule has 1 aliphatic heterocycles. The summed E-state index contributed by atoms with van der Waals surface area (Å²) in [5.41, 5.74) is 0.569. The highest BCUT2D eigenvalue weighted by Gasteiger charge is 2.27. The van der Waals surface area contributed by atoms with Gasteiger partial charge in [0, 0.05) is 6.92 Å². The fourth-order valence-electron chi connectivity index (χ4n) is 2.19. The van der Waals surface area contributed by atoms with Crippen LogP contribution in [-0.4, -0.2) is 48.2 Å². The molecule has 0 atom stereocenters. The standard InChI is InChI=1S/C17H20N2O5S/c1-3-23-17(22)10-16-19(15(21)11-25-16)8-9-24-14-7-5-4-6-13(14)18-12(2)20/h4-7,10H,3,8-9,11H2,1-2H3,(H,18,20)/b16-10-. The molecule has 0 saturated carbocycles. The number of carbonyl (C=O) groups excluding carboxylic acids is 3. The number of carbonyl (C=O) groups is 3. The Morgan fingerprint density at radius 2 is 2.12 bits per heavy atom. The molecule has 0 aromatic heterocycles. The van der Waals surface area contributed by atoms with Gasteiger partial charge in [-0.25, -0.2) is 4.79 Å². The summed E-state index contributed by atoms with van der Waals surface area (Å²) < 4.78 is 10.6. The molecule has 1 saturated heterocycles. The largest absolute Gasteiger partial charge is 0.490 e. The molecule has 0 unspecified atom stereocenters. The SMILES string of the molecule is CCOC(=O)/C=C1\SCC(=O)N1CCOc1ccccc1NC(C)=O. The van der Waals surface area contributed by atoms with Gasteiger partial charge in [-0.2, -0.15) is 0 Å². The van der Waals surface area contributed by atoms with Crippen molar-refractivity contribution in [1.82, 2.24) is 4.90 Å². The molecule has 1 heterocycles. The molecule has 0 spiro atoms. The summed E-state index contributed by atoms with van der Waals surface area (Å²) in [4.78, 5) is 36.3. The highest BCUT2D eigenvalue weighted by molar-refractivity contribution is 8.04. The first-order valence-electron chi connectivity index (χ1n) is 7.82. The summed E-state index contributed by atoms with van der Waals surface area (Å²) in [5.74, 6) is 0.0592. The van der Waals surface area contributed by atoms with Gasteiger partial charge in [0.25, 0.3) is 0 Å². The molecule has 134 valence electrons. The number of hydrogen-bond acceptors (Lipinski definition) is 6. The number of thioether (sulfide) groups is 1. The third kappa shape index (κ3) is 5.53. The summed E-state index contributed by atoms with van der Waals surface area (Å²) in [6.45, 7) is 3.95. The van der Waals surface area contributed by atoms with Crippen molar-refractivity contribution >= 4 is 35.2 Å². The quantitative estimate of drug-likeness (QED) is 0.588. The minimum absolute atomic E-state index is 0.0840. The summed E-state index contributed by atoms with van der Waals surface area (Å²) in [5, 5.41) is 3.25. The van der Waals surface area contributed by atoms with Gasteiger partial charge in [0.15, 0.2) is 0 Å². The van der Waals surface area contributed by atoms with Crippen molar-refractivity contribution < 1.29 is 23.9 Å². The molecule has 25 heavy (non-hydrogen) atoms. The van der Waals surface area contributed by atoms with E-state index in [0.29, 0.717) is 23.0 Å². The van der Waals surface area contributed by atoms with Crippen LogP contribution in [0.3, 0.4) is 0 Å². The third-order valence-electron chi connectivity index (χ3n) is 3.21. The first kappa shape index (κ1) is 18.9. The first-order chi connectivity index (χ1) is 12.0. The third-order valence-corrected chi connectivity index (χ3v) is 4.23. The van der Waals surface area contributed by atoms with Crippen LogP contribution in [0, 0.1) is 0 Å². The lowest BCUT2D eigenvalue weighted by Crippen LogP contribution is -2.29. The molecule has 1 aromatic rings. The van der Waals surface area contributed by atoms with Crippen LogP contribution in [0.2, 0.25) is 0 Å². The van der Waals surface area contributed by atoms with Crippen LogP contribution < -0.4 is 10.1 Å². The molecule has 1 aromatic carbocycles. The van der Waals surface area contributed by atoms with Crippen LogP contribution in [0.15, 0.2) is 35.4 Å². The van der Waals surface area contributed by atoms with Crippen molar-refractivity contribution in [3.8, 4) is 5.75 Å². The van der Waals surface area contributed by atoms with E-state index in [0.717, 1.165) is 0 Å². The maximum absolute atomic E-state index is 12.0. The van der Waals surface area contributed by atoms with Crippen molar-refractivity contribution in [2.24, 2.45) is 0 Å². The van der Waals surface area contributed by atoms with Crippen LogP contribution in [0.25, 0.3) is 0 Å². The number of amides is 2. The van der Waals surface area contributed by atoms with Gasteiger partial charge in [0.1, 0.15) is 12.4 Å².